The first kappa shape index (κ1) is 12.9. The largest absolute Gasteiger partial charge is 0.490 e. The Labute approximate surface area is 115 Å². The molecule has 19 heavy (non-hydrogen) atoms. The lowest BCUT2D eigenvalue weighted by atomic mass is 10.0. The average Bonchev–Trinajstić information content (AvgIpc) is 3.10. The monoisotopic (exact) mass is 260 g/mol. The highest BCUT2D eigenvalue weighted by Gasteiger charge is 2.37. The van der Waals surface area contributed by atoms with E-state index in [1.54, 1.807) is 0 Å². The number of hydrogen-bond acceptors (Lipinski definition) is 3. The highest BCUT2D eigenvalue weighted by molar-refractivity contribution is 5.31. The molecule has 104 valence electrons. The highest BCUT2D eigenvalue weighted by Crippen LogP contribution is 2.36. The van der Waals surface area contributed by atoms with Gasteiger partial charge in [0, 0.05) is 18.6 Å². The number of rotatable bonds is 4. The van der Waals surface area contributed by atoms with Crippen molar-refractivity contribution in [3.05, 3.63) is 29.8 Å². The van der Waals surface area contributed by atoms with E-state index in [4.69, 9.17) is 10.5 Å². The number of hydrogen-bond donors (Lipinski definition) is 1. The number of nitrogens with zero attached hydrogens (tertiary/aromatic N) is 1. The molecule has 0 bridgehead atoms. The van der Waals surface area contributed by atoms with Crippen LogP contribution in [0.3, 0.4) is 0 Å². The van der Waals surface area contributed by atoms with E-state index >= 15 is 0 Å². The molecule has 1 aliphatic carbocycles. The zero-order valence-corrected chi connectivity index (χ0v) is 11.8. The van der Waals surface area contributed by atoms with Gasteiger partial charge in [-0.15, -0.1) is 0 Å². The topological polar surface area (TPSA) is 38.5 Å². The molecule has 0 aromatic heterocycles. The Balaban J connectivity index is 1.59. The summed E-state index contributed by atoms with van der Waals surface area (Å²) in [5.74, 6) is 1.01. The van der Waals surface area contributed by atoms with Crippen molar-refractivity contribution in [1.29, 1.82) is 0 Å². The third kappa shape index (κ3) is 3.48. The molecule has 1 saturated heterocycles. The number of ether oxygens (including phenoxy) is 1. The molecule has 2 fully saturated rings. The predicted molar refractivity (Wildman–Crippen MR) is 77.4 cm³/mol. The van der Waals surface area contributed by atoms with Crippen LogP contribution in [0.5, 0.6) is 5.75 Å². The zero-order valence-electron chi connectivity index (χ0n) is 11.8. The van der Waals surface area contributed by atoms with E-state index < -0.39 is 0 Å². The van der Waals surface area contributed by atoms with Gasteiger partial charge in [-0.2, -0.15) is 0 Å². The van der Waals surface area contributed by atoms with Crippen molar-refractivity contribution in [3.63, 3.8) is 0 Å². The molecular weight excluding hydrogens is 236 g/mol. The van der Waals surface area contributed by atoms with Gasteiger partial charge >= 0.3 is 0 Å². The van der Waals surface area contributed by atoms with Crippen LogP contribution in [0.1, 0.15) is 31.2 Å². The lowest BCUT2D eigenvalue weighted by Crippen LogP contribution is -2.35. The third-order valence-corrected chi connectivity index (χ3v) is 4.32. The molecule has 1 heterocycles. The second kappa shape index (κ2) is 5.14. The highest BCUT2D eigenvalue weighted by atomic mass is 16.5. The summed E-state index contributed by atoms with van der Waals surface area (Å²) in [5, 5.41) is 0. The Morgan fingerprint density at radius 1 is 1.32 bits per heavy atom. The number of nitrogens with two attached hydrogens (primary N) is 1. The molecule has 0 atom stereocenters. The summed E-state index contributed by atoms with van der Waals surface area (Å²) in [5.41, 5.74) is 7.57. The zero-order chi connectivity index (χ0) is 13.3. The van der Waals surface area contributed by atoms with Crippen LogP contribution in [0.25, 0.3) is 0 Å². The Morgan fingerprint density at radius 2 is 2.05 bits per heavy atom. The summed E-state index contributed by atoms with van der Waals surface area (Å²) in [7, 11) is 2.17. The van der Waals surface area contributed by atoms with Crippen LogP contribution in [-0.2, 0) is 6.42 Å². The van der Waals surface area contributed by atoms with Crippen LogP contribution < -0.4 is 10.5 Å². The first-order valence-electron chi connectivity index (χ1n) is 7.36. The van der Waals surface area contributed by atoms with Gasteiger partial charge in [-0.05, 0) is 56.8 Å². The fourth-order valence-electron chi connectivity index (χ4n) is 2.77. The molecule has 0 radical (unpaired) electrons. The van der Waals surface area contributed by atoms with Crippen molar-refractivity contribution in [3.8, 4) is 5.75 Å². The van der Waals surface area contributed by atoms with E-state index in [0.29, 0.717) is 6.10 Å². The summed E-state index contributed by atoms with van der Waals surface area (Å²) < 4.78 is 6.11. The maximum absolute atomic E-state index is 6.18. The van der Waals surface area contributed by atoms with Gasteiger partial charge in [-0.3, -0.25) is 0 Å². The van der Waals surface area contributed by atoms with Crippen LogP contribution >= 0.6 is 0 Å². The second-order valence-corrected chi connectivity index (χ2v) is 6.31. The average molecular weight is 260 g/mol. The van der Waals surface area contributed by atoms with E-state index in [-0.39, 0.29) is 5.54 Å². The SMILES string of the molecule is CN1CCC(Oc2cccc(CC3(N)CC3)c2)CC1. The Kier molecular flexibility index (Phi) is 3.50. The molecule has 1 saturated carbocycles. The molecule has 0 unspecified atom stereocenters. The summed E-state index contributed by atoms with van der Waals surface area (Å²) in [6.07, 6.45) is 5.93. The van der Waals surface area contributed by atoms with Crippen molar-refractivity contribution in [2.24, 2.45) is 5.73 Å². The van der Waals surface area contributed by atoms with Crippen molar-refractivity contribution in [2.45, 2.75) is 43.7 Å². The fourth-order valence-corrected chi connectivity index (χ4v) is 2.77. The van der Waals surface area contributed by atoms with Crippen LogP contribution in [-0.4, -0.2) is 36.7 Å². The van der Waals surface area contributed by atoms with Gasteiger partial charge in [-0.1, -0.05) is 12.1 Å². The molecule has 2 aliphatic rings. The van der Waals surface area contributed by atoms with Gasteiger partial charge in [0.25, 0.3) is 0 Å². The molecule has 3 nitrogen and oxygen atoms in total. The summed E-state index contributed by atoms with van der Waals surface area (Å²) in [4.78, 5) is 2.36. The lowest BCUT2D eigenvalue weighted by molar-refractivity contribution is 0.114. The molecular formula is C16H24N2O. The van der Waals surface area contributed by atoms with Crippen LogP contribution in [0.15, 0.2) is 24.3 Å². The minimum atomic E-state index is 0.0756. The molecule has 1 aromatic rings. The quantitative estimate of drug-likeness (QED) is 0.902. The van der Waals surface area contributed by atoms with E-state index in [0.717, 1.165) is 50.9 Å². The third-order valence-electron chi connectivity index (χ3n) is 4.32. The second-order valence-electron chi connectivity index (χ2n) is 6.31. The molecule has 1 aromatic carbocycles. The maximum Gasteiger partial charge on any atom is 0.119 e. The summed E-state index contributed by atoms with van der Waals surface area (Å²) >= 11 is 0. The van der Waals surface area contributed by atoms with Crippen molar-refractivity contribution >= 4 is 0 Å². The Hall–Kier alpha value is -1.06. The van der Waals surface area contributed by atoms with Crippen LogP contribution in [0.2, 0.25) is 0 Å². The van der Waals surface area contributed by atoms with Gasteiger partial charge in [-0.25, -0.2) is 0 Å². The fraction of sp³-hybridized carbons (Fsp3) is 0.625. The van der Waals surface area contributed by atoms with Gasteiger partial charge in [0.1, 0.15) is 11.9 Å². The van der Waals surface area contributed by atoms with E-state index in [1.807, 2.05) is 0 Å². The molecule has 3 rings (SSSR count). The normalized spacial score (nSPS) is 23.3. The first-order chi connectivity index (χ1) is 9.13. The summed E-state index contributed by atoms with van der Waals surface area (Å²) in [6.45, 7) is 2.27. The minimum absolute atomic E-state index is 0.0756. The number of likely N-dealkylation sites (tertiary alicyclic amines) is 1. The lowest BCUT2D eigenvalue weighted by Gasteiger charge is -2.29. The number of piperidine rings is 1. The van der Waals surface area contributed by atoms with Gasteiger partial charge in [0.15, 0.2) is 0 Å². The standard InChI is InChI=1S/C16H24N2O/c1-18-9-5-14(6-10-18)19-15-4-2-3-13(11-15)12-16(17)7-8-16/h2-4,11,14H,5-10,12,17H2,1H3. The van der Waals surface area contributed by atoms with E-state index in [9.17, 15) is 0 Å². The van der Waals surface area contributed by atoms with Gasteiger partial charge < -0.3 is 15.4 Å². The van der Waals surface area contributed by atoms with Crippen molar-refractivity contribution in [1.82, 2.24) is 4.90 Å². The molecule has 0 amide bonds. The summed E-state index contributed by atoms with van der Waals surface area (Å²) in [6, 6.07) is 8.49. The molecule has 3 heteroatoms. The minimum Gasteiger partial charge on any atom is -0.490 e. The molecule has 0 spiro atoms. The maximum atomic E-state index is 6.18. The van der Waals surface area contributed by atoms with Gasteiger partial charge in [0.2, 0.25) is 0 Å². The van der Waals surface area contributed by atoms with Crippen molar-refractivity contribution < 1.29 is 4.74 Å². The predicted octanol–water partition coefficient (Wildman–Crippen LogP) is 2.19. The molecule has 2 N–H and O–H groups in total. The smallest absolute Gasteiger partial charge is 0.119 e. The Bertz CT molecular complexity index is 434. The van der Waals surface area contributed by atoms with Crippen LogP contribution in [0, 0.1) is 0 Å². The van der Waals surface area contributed by atoms with Crippen LogP contribution in [0.4, 0.5) is 0 Å². The molecule has 1 aliphatic heterocycles. The number of benzene rings is 1. The van der Waals surface area contributed by atoms with E-state index in [2.05, 4.69) is 36.2 Å². The van der Waals surface area contributed by atoms with E-state index in [1.165, 1.54) is 5.56 Å². The Morgan fingerprint density at radius 3 is 2.74 bits per heavy atom. The van der Waals surface area contributed by atoms with Gasteiger partial charge in [0.05, 0.1) is 0 Å². The first-order valence-corrected chi connectivity index (χ1v) is 7.36. The van der Waals surface area contributed by atoms with Crippen molar-refractivity contribution in [2.75, 3.05) is 20.1 Å².